The van der Waals surface area contributed by atoms with E-state index in [4.69, 9.17) is 0 Å². The molecule has 0 aliphatic carbocycles. The van der Waals surface area contributed by atoms with E-state index >= 15 is 0 Å². The zero-order valence-electron chi connectivity index (χ0n) is 12.7. The molecule has 3 aromatic rings. The van der Waals surface area contributed by atoms with Gasteiger partial charge in [0.1, 0.15) is 0 Å². The summed E-state index contributed by atoms with van der Waals surface area (Å²) >= 11 is 1.26. The van der Waals surface area contributed by atoms with Crippen LogP contribution in [0.15, 0.2) is 29.4 Å². The van der Waals surface area contributed by atoms with Crippen LogP contribution in [0.25, 0.3) is 16.8 Å². The topological polar surface area (TPSA) is 104 Å². The third-order valence-corrected chi connectivity index (χ3v) is 4.28. The molecule has 0 unspecified atom stereocenters. The third-order valence-electron chi connectivity index (χ3n) is 3.23. The molecule has 0 saturated carbocycles. The number of nitrogens with one attached hydrogen (secondary N) is 3. The molecular weight excluding hydrogens is 316 g/mol. The lowest BCUT2D eigenvalue weighted by molar-refractivity contribution is -0.119. The number of aromatic amines is 1. The van der Waals surface area contributed by atoms with Crippen LogP contribution in [0.4, 0.5) is 4.79 Å². The Bertz CT molecular complexity index is 871. The van der Waals surface area contributed by atoms with Crippen molar-refractivity contribution in [2.45, 2.75) is 24.3 Å². The number of para-hydroxylation sites is 2. The number of nitrogens with zero attached hydrogens (tertiary/aromatic N) is 3. The summed E-state index contributed by atoms with van der Waals surface area (Å²) in [7, 11) is 0. The van der Waals surface area contributed by atoms with Crippen molar-refractivity contribution in [2.24, 2.45) is 0 Å². The number of hydrogen-bond donors (Lipinski definition) is 3. The minimum absolute atomic E-state index is 0.374. The molecular formula is C14H16N6O2S. The molecule has 2 aromatic heterocycles. The standard InChI is InChI=1S/C14H16N6O2S/c1-3-15-13(22)17-11(21)8(2)23-14-19-18-12-16-9-6-4-5-7-10(9)20(12)14/h4-8H,3H2,1-2H3,(H,16,18)(H2,15,17,21,22)/t8-/m1/s1. The summed E-state index contributed by atoms with van der Waals surface area (Å²) in [5.41, 5.74) is 1.76. The highest BCUT2D eigenvalue weighted by Gasteiger charge is 2.20. The van der Waals surface area contributed by atoms with Crippen LogP contribution in [-0.4, -0.2) is 43.3 Å². The van der Waals surface area contributed by atoms with Crippen molar-refractivity contribution in [2.75, 3.05) is 6.54 Å². The maximum Gasteiger partial charge on any atom is 0.321 e. The van der Waals surface area contributed by atoms with Crippen LogP contribution in [0.1, 0.15) is 13.8 Å². The van der Waals surface area contributed by atoms with Gasteiger partial charge in [0.05, 0.1) is 16.3 Å². The van der Waals surface area contributed by atoms with E-state index in [-0.39, 0.29) is 5.91 Å². The summed E-state index contributed by atoms with van der Waals surface area (Å²) in [6.07, 6.45) is 0. The molecule has 0 saturated heterocycles. The van der Waals surface area contributed by atoms with Crippen molar-refractivity contribution in [3.63, 3.8) is 0 Å². The van der Waals surface area contributed by atoms with E-state index in [1.807, 2.05) is 28.7 Å². The number of fused-ring (bicyclic) bond motifs is 3. The van der Waals surface area contributed by atoms with Crippen molar-refractivity contribution in [1.29, 1.82) is 0 Å². The maximum absolute atomic E-state index is 12.0. The summed E-state index contributed by atoms with van der Waals surface area (Å²) in [4.78, 5) is 27.9. The minimum Gasteiger partial charge on any atom is -0.338 e. The highest BCUT2D eigenvalue weighted by atomic mass is 32.2. The summed E-state index contributed by atoms with van der Waals surface area (Å²) < 4.78 is 1.86. The van der Waals surface area contributed by atoms with Gasteiger partial charge in [0.15, 0.2) is 5.16 Å². The van der Waals surface area contributed by atoms with Crippen molar-refractivity contribution < 1.29 is 9.59 Å². The third kappa shape index (κ3) is 3.00. The normalized spacial score (nSPS) is 12.4. The van der Waals surface area contributed by atoms with Crippen LogP contribution < -0.4 is 10.6 Å². The number of carbonyl (C=O) groups excluding carboxylic acids is 2. The fraction of sp³-hybridized carbons (Fsp3) is 0.286. The largest absolute Gasteiger partial charge is 0.338 e. The van der Waals surface area contributed by atoms with Gasteiger partial charge in [-0.2, -0.15) is 0 Å². The van der Waals surface area contributed by atoms with Crippen LogP contribution >= 0.6 is 11.8 Å². The van der Waals surface area contributed by atoms with Gasteiger partial charge in [0.2, 0.25) is 11.7 Å². The van der Waals surface area contributed by atoms with Crippen molar-refractivity contribution >= 4 is 40.5 Å². The molecule has 0 fully saturated rings. The fourth-order valence-corrected chi connectivity index (χ4v) is 3.02. The molecule has 0 aliphatic heterocycles. The molecule has 0 aliphatic rings. The molecule has 0 spiro atoms. The van der Waals surface area contributed by atoms with Gasteiger partial charge >= 0.3 is 6.03 Å². The van der Waals surface area contributed by atoms with Crippen LogP contribution in [0, 0.1) is 0 Å². The van der Waals surface area contributed by atoms with E-state index < -0.39 is 11.3 Å². The number of imidazole rings is 1. The number of hydrogen-bond acceptors (Lipinski definition) is 5. The van der Waals surface area contributed by atoms with Gasteiger partial charge in [-0.3, -0.25) is 14.5 Å². The van der Waals surface area contributed by atoms with Gasteiger partial charge in [-0.15, -0.1) is 5.10 Å². The average Bonchev–Trinajstić information content (AvgIpc) is 3.07. The number of carbonyl (C=O) groups is 2. The van der Waals surface area contributed by atoms with E-state index in [0.717, 1.165) is 11.0 Å². The quantitative estimate of drug-likeness (QED) is 0.629. The maximum atomic E-state index is 12.0. The van der Waals surface area contributed by atoms with Crippen molar-refractivity contribution in [3.8, 4) is 0 Å². The van der Waals surface area contributed by atoms with Crippen molar-refractivity contribution in [3.05, 3.63) is 24.3 Å². The Kier molecular flexibility index (Phi) is 4.20. The van der Waals surface area contributed by atoms with E-state index in [1.54, 1.807) is 13.8 Å². The molecule has 120 valence electrons. The first kappa shape index (κ1) is 15.3. The molecule has 0 bridgehead atoms. The lowest BCUT2D eigenvalue weighted by Gasteiger charge is -2.10. The predicted octanol–water partition coefficient (Wildman–Crippen LogP) is 1.54. The van der Waals surface area contributed by atoms with Crippen LogP contribution in [-0.2, 0) is 4.79 Å². The molecule has 8 nitrogen and oxygen atoms in total. The van der Waals surface area contributed by atoms with Gasteiger partial charge < -0.3 is 5.32 Å². The summed E-state index contributed by atoms with van der Waals surface area (Å²) in [6, 6.07) is 7.19. The second kappa shape index (κ2) is 6.29. The number of urea groups is 1. The first-order valence-corrected chi connectivity index (χ1v) is 8.05. The number of benzene rings is 1. The molecule has 0 radical (unpaired) electrons. The minimum atomic E-state index is -0.495. The van der Waals surface area contributed by atoms with Gasteiger partial charge in [-0.25, -0.2) is 14.9 Å². The molecule has 3 N–H and O–H groups in total. The molecule has 1 aromatic carbocycles. The smallest absolute Gasteiger partial charge is 0.321 e. The fourth-order valence-electron chi connectivity index (χ4n) is 2.15. The molecule has 1 atom stereocenters. The molecule has 3 rings (SSSR count). The van der Waals surface area contributed by atoms with Gasteiger partial charge in [-0.1, -0.05) is 23.9 Å². The zero-order chi connectivity index (χ0) is 16.4. The number of aromatic nitrogens is 4. The Hall–Kier alpha value is -2.55. The SMILES string of the molecule is CCNC(=O)NC(=O)[C@@H](C)Sc1n[nH]c2nc3ccccc3n12. The summed E-state index contributed by atoms with van der Waals surface area (Å²) in [6.45, 7) is 3.97. The number of rotatable bonds is 4. The molecule has 9 heteroatoms. The highest BCUT2D eigenvalue weighted by molar-refractivity contribution is 8.00. The molecule has 3 amide bonds. The molecule has 23 heavy (non-hydrogen) atoms. The van der Waals surface area contributed by atoms with Crippen LogP contribution in [0.3, 0.4) is 0 Å². The summed E-state index contributed by atoms with van der Waals surface area (Å²) in [5.74, 6) is 0.242. The number of H-pyrrole nitrogens is 1. The van der Waals surface area contributed by atoms with E-state index in [2.05, 4.69) is 25.8 Å². The highest BCUT2D eigenvalue weighted by Crippen LogP contribution is 2.25. The Balaban J connectivity index is 1.81. The van der Waals surface area contributed by atoms with Crippen LogP contribution in [0.5, 0.6) is 0 Å². The van der Waals surface area contributed by atoms with Gasteiger partial charge in [-0.05, 0) is 26.0 Å². The van der Waals surface area contributed by atoms with E-state index in [1.165, 1.54) is 11.8 Å². The predicted molar refractivity (Wildman–Crippen MR) is 87.4 cm³/mol. The lowest BCUT2D eigenvalue weighted by Crippen LogP contribution is -2.42. The monoisotopic (exact) mass is 332 g/mol. The first-order chi connectivity index (χ1) is 11.1. The number of thioether (sulfide) groups is 1. The number of amides is 3. The Labute approximate surface area is 136 Å². The number of imide groups is 1. The Morgan fingerprint density at radius 2 is 2.17 bits per heavy atom. The average molecular weight is 332 g/mol. The Morgan fingerprint density at radius 1 is 1.39 bits per heavy atom. The molecule has 2 heterocycles. The second-order valence-electron chi connectivity index (χ2n) is 4.87. The van der Waals surface area contributed by atoms with E-state index in [0.29, 0.717) is 17.5 Å². The zero-order valence-corrected chi connectivity index (χ0v) is 13.5. The van der Waals surface area contributed by atoms with Gasteiger partial charge in [0.25, 0.3) is 0 Å². The van der Waals surface area contributed by atoms with Gasteiger partial charge in [0, 0.05) is 6.54 Å². The van der Waals surface area contributed by atoms with Crippen LogP contribution in [0.2, 0.25) is 0 Å². The second-order valence-corrected chi connectivity index (χ2v) is 6.18. The summed E-state index contributed by atoms with van der Waals surface area (Å²) in [5, 5.41) is 12.0. The van der Waals surface area contributed by atoms with Crippen molar-refractivity contribution in [1.82, 2.24) is 30.2 Å². The lowest BCUT2D eigenvalue weighted by atomic mass is 10.3. The Morgan fingerprint density at radius 3 is 2.96 bits per heavy atom. The van der Waals surface area contributed by atoms with E-state index in [9.17, 15) is 9.59 Å². The first-order valence-electron chi connectivity index (χ1n) is 7.17.